The molecule has 4 aromatic rings. The van der Waals surface area contributed by atoms with Gasteiger partial charge in [0.15, 0.2) is 0 Å². The van der Waals surface area contributed by atoms with E-state index in [4.69, 9.17) is 21.1 Å². The minimum Gasteiger partial charge on any atom is -0.495 e. The lowest BCUT2D eigenvalue weighted by Gasteiger charge is -2.12. The molecule has 0 radical (unpaired) electrons. The van der Waals surface area contributed by atoms with Crippen molar-refractivity contribution in [2.75, 3.05) is 12.4 Å². The Morgan fingerprint density at radius 2 is 1.81 bits per heavy atom. The summed E-state index contributed by atoms with van der Waals surface area (Å²) in [6.07, 6.45) is 1.05. The van der Waals surface area contributed by atoms with E-state index in [2.05, 4.69) is 22.4 Å². The molecule has 0 aliphatic rings. The van der Waals surface area contributed by atoms with Crippen molar-refractivity contribution in [2.24, 2.45) is 0 Å². The number of hydrogen-bond acceptors (Lipinski definition) is 5. The molecule has 32 heavy (non-hydrogen) atoms. The molecular weight excluding hydrogens is 428 g/mol. The molecule has 0 unspecified atom stereocenters. The maximum absolute atomic E-state index is 12.6. The standard InChI is InChI=1S/C24H23ClN4O3/c1-4-15(2)32-19-9-5-16(6-10-19)24(30)26-17-7-11-21-22(13-17)28-29(27-21)18-8-12-23(31-3)20(25)14-18/h5-15H,4H2,1-3H3,(H,26,30)/t15-/m0/s1. The van der Waals surface area contributed by atoms with Gasteiger partial charge in [-0.25, -0.2) is 0 Å². The second-order valence-electron chi connectivity index (χ2n) is 7.33. The normalized spacial score (nSPS) is 11.9. The fourth-order valence-corrected chi connectivity index (χ4v) is 3.34. The largest absolute Gasteiger partial charge is 0.495 e. The first-order valence-corrected chi connectivity index (χ1v) is 10.6. The van der Waals surface area contributed by atoms with Crippen molar-refractivity contribution >= 4 is 34.2 Å². The van der Waals surface area contributed by atoms with E-state index in [0.29, 0.717) is 38.7 Å². The SMILES string of the molecule is CC[C@H](C)Oc1ccc(C(=O)Nc2ccc3nn(-c4ccc(OC)c(Cl)c4)nc3c2)cc1. The minimum absolute atomic E-state index is 0.128. The predicted molar refractivity (Wildman–Crippen MR) is 125 cm³/mol. The van der Waals surface area contributed by atoms with E-state index < -0.39 is 0 Å². The molecule has 0 aliphatic carbocycles. The third-order valence-corrected chi connectivity index (χ3v) is 5.33. The van der Waals surface area contributed by atoms with Crippen LogP contribution >= 0.6 is 11.6 Å². The Balaban J connectivity index is 1.50. The summed E-state index contributed by atoms with van der Waals surface area (Å²) in [6, 6.07) is 17.8. The van der Waals surface area contributed by atoms with Gasteiger partial charge in [0, 0.05) is 11.3 Å². The quantitative estimate of drug-likeness (QED) is 0.401. The van der Waals surface area contributed by atoms with Crippen molar-refractivity contribution in [3.05, 3.63) is 71.2 Å². The summed E-state index contributed by atoms with van der Waals surface area (Å²) in [5, 5.41) is 12.4. The average molecular weight is 451 g/mol. The van der Waals surface area contributed by atoms with Crippen LogP contribution in [0.4, 0.5) is 5.69 Å². The van der Waals surface area contributed by atoms with Crippen LogP contribution in [0, 0.1) is 0 Å². The Bertz CT molecular complexity index is 1250. The second kappa shape index (κ2) is 9.28. The van der Waals surface area contributed by atoms with E-state index in [0.717, 1.165) is 12.2 Å². The van der Waals surface area contributed by atoms with Crippen LogP contribution in [0.3, 0.4) is 0 Å². The first-order valence-electron chi connectivity index (χ1n) is 10.3. The topological polar surface area (TPSA) is 78.3 Å². The number of halogens is 1. The van der Waals surface area contributed by atoms with Crippen molar-refractivity contribution in [3.8, 4) is 17.2 Å². The van der Waals surface area contributed by atoms with Gasteiger partial charge in [-0.2, -0.15) is 4.80 Å². The molecule has 1 heterocycles. The molecule has 164 valence electrons. The summed E-state index contributed by atoms with van der Waals surface area (Å²) in [5.74, 6) is 1.11. The highest BCUT2D eigenvalue weighted by molar-refractivity contribution is 6.32. The van der Waals surface area contributed by atoms with Gasteiger partial charge in [0.25, 0.3) is 5.91 Å². The highest BCUT2D eigenvalue weighted by atomic mass is 35.5. The Morgan fingerprint density at radius 3 is 2.50 bits per heavy atom. The third kappa shape index (κ3) is 4.68. The van der Waals surface area contributed by atoms with Crippen molar-refractivity contribution in [3.63, 3.8) is 0 Å². The number of rotatable bonds is 7. The molecule has 3 aromatic carbocycles. The van der Waals surface area contributed by atoms with Gasteiger partial charge < -0.3 is 14.8 Å². The number of hydrogen-bond donors (Lipinski definition) is 1. The zero-order valence-electron chi connectivity index (χ0n) is 18.0. The lowest BCUT2D eigenvalue weighted by atomic mass is 10.2. The number of benzene rings is 3. The monoisotopic (exact) mass is 450 g/mol. The maximum atomic E-state index is 12.6. The zero-order valence-corrected chi connectivity index (χ0v) is 18.8. The Morgan fingerprint density at radius 1 is 1.06 bits per heavy atom. The van der Waals surface area contributed by atoms with Crippen molar-refractivity contribution in [2.45, 2.75) is 26.4 Å². The summed E-state index contributed by atoms with van der Waals surface area (Å²) < 4.78 is 10.9. The van der Waals surface area contributed by atoms with E-state index in [-0.39, 0.29) is 12.0 Å². The van der Waals surface area contributed by atoms with Crippen molar-refractivity contribution < 1.29 is 14.3 Å². The minimum atomic E-state index is -0.214. The third-order valence-electron chi connectivity index (χ3n) is 5.03. The number of nitrogens with zero attached hydrogens (tertiary/aromatic N) is 3. The number of methoxy groups -OCH3 is 1. The Kier molecular flexibility index (Phi) is 6.28. The fraction of sp³-hybridized carbons (Fsp3) is 0.208. The van der Waals surface area contributed by atoms with E-state index >= 15 is 0 Å². The van der Waals surface area contributed by atoms with E-state index in [1.165, 1.54) is 4.80 Å². The molecule has 1 aromatic heterocycles. The molecule has 0 saturated heterocycles. The molecule has 8 heteroatoms. The predicted octanol–water partition coefficient (Wildman–Crippen LogP) is 5.51. The number of carbonyl (C=O) groups is 1. The number of nitrogens with one attached hydrogen (secondary N) is 1. The maximum Gasteiger partial charge on any atom is 0.255 e. The Labute approximate surface area is 190 Å². The summed E-state index contributed by atoms with van der Waals surface area (Å²) in [5.41, 5.74) is 3.21. The van der Waals surface area contributed by atoms with Crippen LogP contribution in [0.2, 0.25) is 5.02 Å². The molecule has 0 aliphatic heterocycles. The number of fused-ring (bicyclic) bond motifs is 1. The molecule has 0 spiro atoms. The second-order valence-corrected chi connectivity index (χ2v) is 7.73. The van der Waals surface area contributed by atoms with Crippen LogP contribution in [-0.4, -0.2) is 34.1 Å². The van der Waals surface area contributed by atoms with Crippen molar-refractivity contribution in [1.82, 2.24) is 15.0 Å². The van der Waals surface area contributed by atoms with Crippen LogP contribution in [-0.2, 0) is 0 Å². The van der Waals surface area contributed by atoms with Crippen LogP contribution in [0.15, 0.2) is 60.7 Å². The van der Waals surface area contributed by atoms with Crippen LogP contribution in [0.25, 0.3) is 16.7 Å². The van der Waals surface area contributed by atoms with Gasteiger partial charge in [-0.3, -0.25) is 4.79 Å². The molecule has 0 saturated carbocycles. The van der Waals surface area contributed by atoms with E-state index in [1.807, 2.05) is 19.1 Å². The molecule has 1 amide bonds. The lowest BCUT2D eigenvalue weighted by molar-refractivity contribution is 0.102. The molecule has 7 nitrogen and oxygen atoms in total. The van der Waals surface area contributed by atoms with E-state index in [1.54, 1.807) is 55.6 Å². The van der Waals surface area contributed by atoms with E-state index in [9.17, 15) is 4.79 Å². The lowest BCUT2D eigenvalue weighted by Crippen LogP contribution is -2.12. The van der Waals surface area contributed by atoms with Crippen LogP contribution in [0.1, 0.15) is 30.6 Å². The number of aromatic nitrogens is 3. The first kappa shape index (κ1) is 21.6. The smallest absolute Gasteiger partial charge is 0.255 e. The first-order chi connectivity index (χ1) is 15.5. The zero-order chi connectivity index (χ0) is 22.7. The number of ether oxygens (including phenoxy) is 2. The molecule has 1 atom stereocenters. The van der Waals surface area contributed by atoms with Gasteiger partial charge in [0.2, 0.25) is 0 Å². The highest BCUT2D eigenvalue weighted by Crippen LogP contribution is 2.27. The van der Waals surface area contributed by atoms with Gasteiger partial charge in [0.05, 0.1) is 23.9 Å². The van der Waals surface area contributed by atoms with Crippen molar-refractivity contribution in [1.29, 1.82) is 0 Å². The van der Waals surface area contributed by atoms with Crippen LogP contribution < -0.4 is 14.8 Å². The molecule has 4 rings (SSSR count). The van der Waals surface area contributed by atoms with Gasteiger partial charge in [-0.1, -0.05) is 18.5 Å². The average Bonchev–Trinajstić information content (AvgIpc) is 3.23. The molecule has 0 fully saturated rings. The highest BCUT2D eigenvalue weighted by Gasteiger charge is 2.11. The van der Waals surface area contributed by atoms with Gasteiger partial charge in [0.1, 0.15) is 22.5 Å². The summed E-state index contributed by atoms with van der Waals surface area (Å²) in [4.78, 5) is 14.1. The Hall–Kier alpha value is -3.58. The number of carbonyl (C=O) groups excluding carboxylic acids is 1. The molecular formula is C24H23ClN4O3. The fourth-order valence-electron chi connectivity index (χ4n) is 3.09. The molecule has 0 bridgehead atoms. The van der Waals surface area contributed by atoms with Crippen LogP contribution in [0.5, 0.6) is 11.5 Å². The van der Waals surface area contributed by atoms with Gasteiger partial charge >= 0.3 is 0 Å². The summed E-state index contributed by atoms with van der Waals surface area (Å²) in [7, 11) is 1.56. The van der Waals surface area contributed by atoms with Gasteiger partial charge in [-0.15, -0.1) is 10.2 Å². The number of anilines is 1. The summed E-state index contributed by atoms with van der Waals surface area (Å²) >= 11 is 6.21. The summed E-state index contributed by atoms with van der Waals surface area (Å²) in [6.45, 7) is 4.07. The van der Waals surface area contributed by atoms with Gasteiger partial charge in [-0.05, 0) is 74.0 Å². The number of amides is 1. The molecule has 1 N–H and O–H groups in total.